The third kappa shape index (κ3) is 4.39. The van der Waals surface area contributed by atoms with Crippen molar-refractivity contribution in [3.8, 4) is 5.75 Å². The standard InChI is InChI=1S/C15H21NO3.ClH/c1-15(2,3)12-6-4-5-7-13(12)18-10-14(17)19-11-8-16-9-11;/h4-7,11,16H,8-10H2,1-3H3;1H. The minimum absolute atomic E-state index is 0. The molecule has 1 aliphatic heterocycles. The van der Waals surface area contributed by atoms with Crippen LogP contribution in [0.3, 0.4) is 0 Å². The maximum atomic E-state index is 11.6. The first-order valence-electron chi connectivity index (χ1n) is 6.59. The normalized spacial score (nSPS) is 14.9. The quantitative estimate of drug-likeness (QED) is 0.867. The summed E-state index contributed by atoms with van der Waals surface area (Å²) >= 11 is 0. The van der Waals surface area contributed by atoms with Gasteiger partial charge < -0.3 is 14.8 Å². The summed E-state index contributed by atoms with van der Waals surface area (Å²) in [7, 11) is 0. The maximum Gasteiger partial charge on any atom is 0.344 e. The fourth-order valence-electron chi connectivity index (χ4n) is 1.91. The van der Waals surface area contributed by atoms with E-state index in [1.54, 1.807) is 0 Å². The van der Waals surface area contributed by atoms with Gasteiger partial charge in [-0.05, 0) is 17.0 Å². The molecule has 0 unspecified atom stereocenters. The van der Waals surface area contributed by atoms with Crippen molar-refractivity contribution < 1.29 is 14.3 Å². The third-order valence-electron chi connectivity index (χ3n) is 3.08. The Hall–Kier alpha value is -1.26. The molecular weight excluding hydrogens is 278 g/mol. The smallest absolute Gasteiger partial charge is 0.344 e. The number of hydrogen-bond acceptors (Lipinski definition) is 4. The summed E-state index contributed by atoms with van der Waals surface area (Å²) in [6.45, 7) is 7.80. The van der Waals surface area contributed by atoms with E-state index in [1.807, 2.05) is 24.3 Å². The van der Waals surface area contributed by atoms with Crippen LogP contribution in [-0.4, -0.2) is 31.8 Å². The van der Waals surface area contributed by atoms with Gasteiger partial charge >= 0.3 is 5.97 Å². The van der Waals surface area contributed by atoms with Crippen LogP contribution in [0.25, 0.3) is 0 Å². The topological polar surface area (TPSA) is 47.6 Å². The van der Waals surface area contributed by atoms with Crippen LogP contribution in [0.5, 0.6) is 5.75 Å². The van der Waals surface area contributed by atoms with E-state index < -0.39 is 0 Å². The molecule has 1 N–H and O–H groups in total. The van der Waals surface area contributed by atoms with Crippen molar-refractivity contribution in [2.75, 3.05) is 19.7 Å². The Balaban J connectivity index is 0.00000200. The zero-order valence-corrected chi connectivity index (χ0v) is 13.0. The number of ether oxygens (including phenoxy) is 2. The lowest BCUT2D eigenvalue weighted by molar-refractivity contribution is -0.153. The molecule has 0 saturated carbocycles. The fraction of sp³-hybridized carbons (Fsp3) is 0.533. The van der Waals surface area contributed by atoms with Gasteiger partial charge in [0.25, 0.3) is 0 Å². The Labute approximate surface area is 126 Å². The molecule has 5 heteroatoms. The van der Waals surface area contributed by atoms with E-state index in [-0.39, 0.29) is 36.5 Å². The molecule has 0 atom stereocenters. The van der Waals surface area contributed by atoms with Gasteiger partial charge in [-0.15, -0.1) is 12.4 Å². The second kappa shape index (κ2) is 6.95. The molecular formula is C15H22ClNO3. The molecule has 1 aromatic carbocycles. The first kappa shape index (κ1) is 16.8. The highest BCUT2D eigenvalue weighted by atomic mass is 35.5. The molecule has 0 spiro atoms. The molecule has 4 nitrogen and oxygen atoms in total. The van der Waals surface area contributed by atoms with Gasteiger partial charge in [0.2, 0.25) is 0 Å². The monoisotopic (exact) mass is 299 g/mol. The molecule has 1 heterocycles. The zero-order chi connectivity index (χ0) is 13.9. The van der Waals surface area contributed by atoms with E-state index in [2.05, 4.69) is 26.1 Å². The molecule has 1 saturated heterocycles. The van der Waals surface area contributed by atoms with Crippen LogP contribution >= 0.6 is 12.4 Å². The van der Waals surface area contributed by atoms with Crippen LogP contribution in [0.15, 0.2) is 24.3 Å². The summed E-state index contributed by atoms with van der Waals surface area (Å²) in [5, 5.41) is 3.05. The minimum Gasteiger partial charge on any atom is -0.482 e. The Morgan fingerprint density at radius 1 is 1.30 bits per heavy atom. The van der Waals surface area contributed by atoms with Crippen LogP contribution in [0, 0.1) is 0 Å². The van der Waals surface area contributed by atoms with Gasteiger partial charge in [0, 0.05) is 13.1 Å². The molecule has 0 amide bonds. The van der Waals surface area contributed by atoms with E-state index in [1.165, 1.54) is 0 Å². The molecule has 112 valence electrons. The highest BCUT2D eigenvalue weighted by Gasteiger charge is 2.22. The lowest BCUT2D eigenvalue weighted by Crippen LogP contribution is -2.49. The number of benzene rings is 1. The fourth-order valence-corrected chi connectivity index (χ4v) is 1.91. The van der Waals surface area contributed by atoms with Gasteiger partial charge in [0.1, 0.15) is 11.9 Å². The first-order chi connectivity index (χ1) is 8.97. The Bertz CT molecular complexity index is 453. The predicted octanol–water partition coefficient (Wildman–Crippen LogP) is 2.30. The van der Waals surface area contributed by atoms with Crippen LogP contribution in [-0.2, 0) is 14.9 Å². The number of rotatable bonds is 4. The van der Waals surface area contributed by atoms with Crippen LogP contribution in [0.1, 0.15) is 26.3 Å². The lowest BCUT2D eigenvalue weighted by atomic mass is 9.86. The molecule has 1 aliphatic rings. The number of hydrogen-bond donors (Lipinski definition) is 1. The van der Waals surface area contributed by atoms with Gasteiger partial charge in [-0.25, -0.2) is 4.79 Å². The summed E-state index contributed by atoms with van der Waals surface area (Å²) < 4.78 is 10.8. The molecule has 0 bridgehead atoms. The SMILES string of the molecule is CC(C)(C)c1ccccc1OCC(=O)OC1CNC1.Cl. The number of nitrogens with one attached hydrogen (secondary N) is 1. The number of carbonyl (C=O) groups excluding carboxylic acids is 1. The predicted molar refractivity (Wildman–Crippen MR) is 80.6 cm³/mol. The van der Waals surface area contributed by atoms with Crippen molar-refractivity contribution in [2.45, 2.75) is 32.3 Å². The number of esters is 1. The van der Waals surface area contributed by atoms with E-state index >= 15 is 0 Å². The molecule has 0 radical (unpaired) electrons. The van der Waals surface area contributed by atoms with Gasteiger partial charge in [-0.3, -0.25) is 0 Å². The van der Waals surface area contributed by atoms with Crippen molar-refractivity contribution in [1.82, 2.24) is 5.32 Å². The van der Waals surface area contributed by atoms with Crippen molar-refractivity contribution in [3.05, 3.63) is 29.8 Å². The Kier molecular flexibility index (Phi) is 5.84. The minimum atomic E-state index is -0.310. The van der Waals surface area contributed by atoms with Crippen molar-refractivity contribution >= 4 is 18.4 Å². The average Bonchev–Trinajstić information content (AvgIpc) is 2.30. The van der Waals surface area contributed by atoms with Crippen LogP contribution < -0.4 is 10.1 Å². The molecule has 0 aromatic heterocycles. The van der Waals surface area contributed by atoms with Crippen LogP contribution in [0.4, 0.5) is 0 Å². The number of para-hydroxylation sites is 1. The van der Waals surface area contributed by atoms with E-state index in [0.717, 1.165) is 24.4 Å². The summed E-state index contributed by atoms with van der Waals surface area (Å²) in [4.78, 5) is 11.6. The molecule has 0 aliphatic carbocycles. The summed E-state index contributed by atoms with van der Waals surface area (Å²) in [5.41, 5.74) is 1.08. The number of carbonyl (C=O) groups is 1. The highest BCUT2D eigenvalue weighted by molar-refractivity contribution is 5.85. The molecule has 1 aromatic rings. The summed E-state index contributed by atoms with van der Waals surface area (Å²) in [5.74, 6) is 0.439. The van der Waals surface area contributed by atoms with E-state index in [4.69, 9.17) is 9.47 Å². The second-order valence-electron chi connectivity index (χ2n) is 5.80. The summed E-state index contributed by atoms with van der Waals surface area (Å²) in [6.07, 6.45) is 0.00830. The van der Waals surface area contributed by atoms with Gasteiger partial charge in [0.05, 0.1) is 0 Å². The third-order valence-corrected chi connectivity index (χ3v) is 3.08. The zero-order valence-electron chi connectivity index (χ0n) is 12.1. The molecule has 1 fully saturated rings. The van der Waals surface area contributed by atoms with Gasteiger partial charge in [-0.2, -0.15) is 0 Å². The van der Waals surface area contributed by atoms with Gasteiger partial charge in [0.15, 0.2) is 6.61 Å². The van der Waals surface area contributed by atoms with Crippen molar-refractivity contribution in [3.63, 3.8) is 0 Å². The highest BCUT2D eigenvalue weighted by Crippen LogP contribution is 2.30. The Morgan fingerprint density at radius 2 is 1.95 bits per heavy atom. The lowest BCUT2D eigenvalue weighted by Gasteiger charge is -2.27. The number of halogens is 1. The first-order valence-corrected chi connectivity index (χ1v) is 6.59. The molecule has 20 heavy (non-hydrogen) atoms. The van der Waals surface area contributed by atoms with Crippen LogP contribution in [0.2, 0.25) is 0 Å². The Morgan fingerprint density at radius 3 is 2.50 bits per heavy atom. The van der Waals surface area contributed by atoms with Gasteiger partial charge in [-0.1, -0.05) is 39.0 Å². The van der Waals surface area contributed by atoms with E-state index in [9.17, 15) is 4.79 Å². The summed E-state index contributed by atoms with van der Waals surface area (Å²) in [6, 6.07) is 7.80. The van der Waals surface area contributed by atoms with Crippen molar-refractivity contribution in [2.24, 2.45) is 0 Å². The van der Waals surface area contributed by atoms with Crippen molar-refractivity contribution in [1.29, 1.82) is 0 Å². The maximum absolute atomic E-state index is 11.6. The average molecular weight is 300 g/mol. The molecule has 2 rings (SSSR count). The largest absolute Gasteiger partial charge is 0.482 e. The second-order valence-corrected chi connectivity index (χ2v) is 5.80. The van der Waals surface area contributed by atoms with E-state index in [0.29, 0.717) is 0 Å².